The van der Waals surface area contributed by atoms with E-state index >= 15 is 0 Å². The zero-order valence-electron chi connectivity index (χ0n) is 10.3. The first-order valence-electron chi connectivity index (χ1n) is 6.22. The van der Waals surface area contributed by atoms with Gasteiger partial charge in [0.25, 0.3) is 5.56 Å². The molecule has 1 aliphatic rings. The number of anilines is 1. The fourth-order valence-electron chi connectivity index (χ4n) is 1.87. The first kappa shape index (κ1) is 12.2. The summed E-state index contributed by atoms with van der Waals surface area (Å²) >= 11 is 6.03. The van der Waals surface area contributed by atoms with Gasteiger partial charge in [-0.1, -0.05) is 11.6 Å². The third-order valence-electron chi connectivity index (χ3n) is 3.14. The molecule has 1 fully saturated rings. The smallest absolute Gasteiger partial charge is 0.291 e. The van der Waals surface area contributed by atoms with Crippen molar-refractivity contribution in [3.05, 3.63) is 39.5 Å². The van der Waals surface area contributed by atoms with Gasteiger partial charge in [-0.2, -0.15) is 10.2 Å². The van der Waals surface area contributed by atoms with Crippen molar-refractivity contribution in [1.82, 2.24) is 20.0 Å². The van der Waals surface area contributed by atoms with E-state index in [9.17, 15) is 4.79 Å². The lowest BCUT2D eigenvalue weighted by Gasteiger charge is -2.09. The number of hydrogen-bond acceptors (Lipinski definition) is 4. The van der Waals surface area contributed by atoms with Crippen LogP contribution < -0.4 is 10.9 Å². The number of nitrogens with zero attached hydrogens (tertiary/aromatic N) is 3. The van der Waals surface area contributed by atoms with Crippen LogP contribution >= 0.6 is 11.6 Å². The molecule has 2 heterocycles. The summed E-state index contributed by atoms with van der Waals surface area (Å²) < 4.78 is 1.48. The Morgan fingerprint density at radius 1 is 1.53 bits per heavy atom. The average molecular weight is 280 g/mol. The van der Waals surface area contributed by atoms with Gasteiger partial charge in [-0.25, -0.2) is 4.68 Å². The molecule has 0 unspecified atom stereocenters. The quantitative estimate of drug-likeness (QED) is 0.872. The van der Waals surface area contributed by atoms with E-state index in [0.717, 1.165) is 5.69 Å². The van der Waals surface area contributed by atoms with Crippen molar-refractivity contribution in [3.8, 4) is 0 Å². The Labute approximate surface area is 114 Å². The molecule has 0 saturated heterocycles. The molecule has 2 N–H and O–H groups in total. The molecule has 7 heteroatoms. The van der Waals surface area contributed by atoms with Gasteiger partial charge in [-0.15, -0.1) is 0 Å². The standard InChI is InChI=1S/C12H14ClN5O/c13-10-6-16-18(7-8-1-2-8)12(19)11(10)14-5-9-3-4-15-17-9/h3-4,6,8,14H,1-2,5,7H2,(H,15,17). The maximum atomic E-state index is 12.2. The Hall–Kier alpha value is -1.82. The molecule has 1 aliphatic carbocycles. The molecular weight excluding hydrogens is 266 g/mol. The van der Waals surface area contributed by atoms with Crippen molar-refractivity contribution in [2.24, 2.45) is 5.92 Å². The number of aromatic amines is 1. The van der Waals surface area contributed by atoms with Gasteiger partial charge in [0, 0.05) is 12.7 Å². The molecule has 0 atom stereocenters. The second-order valence-corrected chi connectivity index (χ2v) is 5.14. The molecule has 2 aromatic heterocycles. The van der Waals surface area contributed by atoms with Gasteiger partial charge >= 0.3 is 0 Å². The highest BCUT2D eigenvalue weighted by Crippen LogP contribution is 2.30. The van der Waals surface area contributed by atoms with Crippen molar-refractivity contribution in [3.63, 3.8) is 0 Å². The molecule has 0 amide bonds. The molecule has 2 aromatic rings. The first-order chi connectivity index (χ1) is 9.24. The lowest BCUT2D eigenvalue weighted by molar-refractivity contribution is 0.534. The van der Waals surface area contributed by atoms with Crippen molar-refractivity contribution < 1.29 is 0 Å². The van der Waals surface area contributed by atoms with E-state index in [0.29, 0.717) is 29.7 Å². The van der Waals surface area contributed by atoms with Crippen LogP contribution in [0, 0.1) is 5.92 Å². The number of H-pyrrole nitrogens is 1. The highest BCUT2D eigenvalue weighted by Gasteiger charge is 2.23. The Bertz CT molecular complexity index is 618. The monoisotopic (exact) mass is 279 g/mol. The maximum absolute atomic E-state index is 12.2. The zero-order chi connectivity index (χ0) is 13.2. The summed E-state index contributed by atoms with van der Waals surface area (Å²) in [7, 11) is 0. The summed E-state index contributed by atoms with van der Waals surface area (Å²) in [5, 5.41) is 14.1. The summed E-state index contributed by atoms with van der Waals surface area (Å²) in [6.07, 6.45) is 5.53. The highest BCUT2D eigenvalue weighted by molar-refractivity contribution is 6.32. The van der Waals surface area contributed by atoms with Crippen molar-refractivity contribution in [2.45, 2.75) is 25.9 Å². The first-order valence-corrected chi connectivity index (χ1v) is 6.59. The minimum Gasteiger partial charge on any atom is -0.374 e. The fraction of sp³-hybridized carbons (Fsp3) is 0.417. The lowest BCUT2D eigenvalue weighted by Crippen LogP contribution is -2.26. The van der Waals surface area contributed by atoms with E-state index in [2.05, 4.69) is 20.6 Å². The maximum Gasteiger partial charge on any atom is 0.291 e. The Kier molecular flexibility index (Phi) is 3.25. The zero-order valence-corrected chi connectivity index (χ0v) is 11.0. The number of aromatic nitrogens is 4. The molecule has 0 bridgehead atoms. The molecule has 0 aliphatic heterocycles. The van der Waals surface area contributed by atoms with E-state index < -0.39 is 0 Å². The van der Waals surface area contributed by atoms with Gasteiger partial charge < -0.3 is 5.32 Å². The second-order valence-electron chi connectivity index (χ2n) is 4.73. The van der Waals surface area contributed by atoms with Crippen LogP contribution in [-0.4, -0.2) is 20.0 Å². The summed E-state index contributed by atoms with van der Waals surface area (Å²) in [6, 6.07) is 1.84. The molecule has 0 aromatic carbocycles. The Morgan fingerprint density at radius 2 is 2.37 bits per heavy atom. The lowest BCUT2D eigenvalue weighted by atomic mass is 10.3. The molecule has 1 saturated carbocycles. The van der Waals surface area contributed by atoms with Crippen molar-refractivity contribution in [1.29, 1.82) is 0 Å². The molecule has 100 valence electrons. The molecule has 6 nitrogen and oxygen atoms in total. The molecular formula is C12H14ClN5O. The van der Waals surface area contributed by atoms with Crippen LogP contribution in [0.1, 0.15) is 18.5 Å². The number of nitrogens with one attached hydrogen (secondary N) is 2. The van der Waals surface area contributed by atoms with E-state index in [1.54, 1.807) is 6.20 Å². The molecule has 0 spiro atoms. The molecule has 19 heavy (non-hydrogen) atoms. The van der Waals surface area contributed by atoms with Crippen LogP contribution in [0.3, 0.4) is 0 Å². The SMILES string of the molecule is O=c1c(NCc2ccn[nH]2)c(Cl)cnn1CC1CC1. The number of hydrogen-bond donors (Lipinski definition) is 2. The predicted octanol–water partition coefficient (Wildman–Crippen LogP) is 1.64. The van der Waals surface area contributed by atoms with Crippen LogP contribution in [0.4, 0.5) is 5.69 Å². The van der Waals surface area contributed by atoms with Gasteiger partial charge in [-0.3, -0.25) is 9.89 Å². The minimum atomic E-state index is -0.168. The predicted molar refractivity (Wildman–Crippen MR) is 72.1 cm³/mol. The largest absolute Gasteiger partial charge is 0.374 e. The van der Waals surface area contributed by atoms with Gasteiger partial charge in [0.2, 0.25) is 0 Å². The fourth-order valence-corrected chi connectivity index (χ4v) is 2.06. The average Bonchev–Trinajstić information content (AvgIpc) is 3.06. The highest BCUT2D eigenvalue weighted by atomic mass is 35.5. The summed E-state index contributed by atoms with van der Waals surface area (Å²) in [5.41, 5.74) is 1.12. The third-order valence-corrected chi connectivity index (χ3v) is 3.43. The van der Waals surface area contributed by atoms with E-state index in [1.165, 1.54) is 23.7 Å². The Morgan fingerprint density at radius 3 is 3.05 bits per heavy atom. The summed E-state index contributed by atoms with van der Waals surface area (Å²) in [5.74, 6) is 0.590. The molecule has 3 rings (SSSR count). The molecule has 0 radical (unpaired) electrons. The van der Waals surface area contributed by atoms with Crippen LogP contribution in [0.15, 0.2) is 23.3 Å². The Balaban J connectivity index is 1.80. The van der Waals surface area contributed by atoms with E-state index in [4.69, 9.17) is 11.6 Å². The van der Waals surface area contributed by atoms with Crippen molar-refractivity contribution in [2.75, 3.05) is 5.32 Å². The summed E-state index contributed by atoms with van der Waals surface area (Å²) in [4.78, 5) is 12.2. The topological polar surface area (TPSA) is 75.6 Å². The van der Waals surface area contributed by atoms with Crippen LogP contribution in [0.25, 0.3) is 0 Å². The van der Waals surface area contributed by atoms with Gasteiger partial charge in [0.05, 0.1) is 23.5 Å². The van der Waals surface area contributed by atoms with Crippen LogP contribution in [0.2, 0.25) is 5.02 Å². The van der Waals surface area contributed by atoms with Crippen molar-refractivity contribution >= 4 is 17.3 Å². The minimum absolute atomic E-state index is 0.168. The van der Waals surface area contributed by atoms with Crippen LogP contribution in [0.5, 0.6) is 0 Å². The van der Waals surface area contributed by atoms with Gasteiger partial charge in [0.15, 0.2) is 0 Å². The van der Waals surface area contributed by atoms with Crippen LogP contribution in [-0.2, 0) is 13.1 Å². The third kappa shape index (κ3) is 2.78. The summed E-state index contributed by atoms with van der Waals surface area (Å²) in [6.45, 7) is 1.15. The van der Waals surface area contributed by atoms with E-state index in [-0.39, 0.29) is 5.56 Å². The normalized spacial score (nSPS) is 14.6. The van der Waals surface area contributed by atoms with E-state index in [1.807, 2.05) is 6.07 Å². The van der Waals surface area contributed by atoms with Gasteiger partial charge in [0.1, 0.15) is 5.69 Å². The second kappa shape index (κ2) is 5.05. The number of halogens is 1. The number of rotatable bonds is 5. The van der Waals surface area contributed by atoms with Gasteiger partial charge in [-0.05, 0) is 24.8 Å².